The Balaban J connectivity index is 4.22. The monoisotopic (exact) mass is 339 g/mol. The zero-order valence-corrected chi connectivity index (χ0v) is 15.3. The SMILES string of the molecule is CCCCCP(=S)(CCCC(C)=S)NCNC(N)=S. The molecule has 1 atom stereocenters. The first-order valence-corrected chi connectivity index (χ1v) is 10.7. The van der Waals surface area contributed by atoms with Crippen molar-refractivity contribution in [1.29, 1.82) is 0 Å². The second kappa shape index (κ2) is 11.1. The van der Waals surface area contributed by atoms with Crippen LogP contribution in [0, 0.1) is 0 Å². The first-order valence-electron chi connectivity index (χ1n) is 6.75. The van der Waals surface area contributed by atoms with Gasteiger partial charge in [-0.1, -0.05) is 43.8 Å². The van der Waals surface area contributed by atoms with Crippen molar-refractivity contribution in [1.82, 2.24) is 10.4 Å². The highest BCUT2D eigenvalue weighted by atomic mass is 32.4. The summed E-state index contributed by atoms with van der Waals surface area (Å²) in [6.45, 7) is 4.79. The predicted octanol–water partition coefficient (Wildman–Crippen LogP) is 3.12. The Kier molecular flexibility index (Phi) is 11.3. The Morgan fingerprint density at radius 3 is 2.32 bits per heavy atom. The van der Waals surface area contributed by atoms with E-state index in [1.165, 1.54) is 19.3 Å². The summed E-state index contributed by atoms with van der Waals surface area (Å²) in [5.74, 6) is 0. The zero-order valence-electron chi connectivity index (χ0n) is 11.9. The fourth-order valence-electron chi connectivity index (χ4n) is 1.74. The van der Waals surface area contributed by atoms with E-state index in [2.05, 4.69) is 17.3 Å². The van der Waals surface area contributed by atoms with E-state index in [9.17, 15) is 0 Å². The van der Waals surface area contributed by atoms with Crippen LogP contribution in [0.1, 0.15) is 46.0 Å². The number of rotatable bonds is 11. The third-order valence-electron chi connectivity index (χ3n) is 2.80. The molecule has 1 unspecified atom stereocenters. The molecule has 0 aromatic rings. The lowest BCUT2D eigenvalue weighted by Gasteiger charge is -2.24. The predicted molar refractivity (Wildman–Crippen MR) is 99.0 cm³/mol. The summed E-state index contributed by atoms with van der Waals surface area (Å²) >= 11 is 15.8. The van der Waals surface area contributed by atoms with Crippen LogP contribution < -0.4 is 16.1 Å². The van der Waals surface area contributed by atoms with Gasteiger partial charge in [-0.25, -0.2) is 0 Å². The van der Waals surface area contributed by atoms with E-state index < -0.39 is 6.19 Å². The molecular weight excluding hydrogens is 313 g/mol. The van der Waals surface area contributed by atoms with Gasteiger partial charge in [0, 0.05) is 6.19 Å². The minimum Gasteiger partial charge on any atom is -0.376 e. The second-order valence-electron chi connectivity index (χ2n) is 4.73. The van der Waals surface area contributed by atoms with Crippen LogP contribution in [-0.2, 0) is 11.8 Å². The molecule has 0 heterocycles. The van der Waals surface area contributed by atoms with E-state index in [-0.39, 0.29) is 0 Å². The highest BCUT2D eigenvalue weighted by Gasteiger charge is 2.15. The number of nitrogens with one attached hydrogen (secondary N) is 2. The molecule has 0 radical (unpaired) electrons. The molecule has 112 valence electrons. The Morgan fingerprint density at radius 2 is 1.79 bits per heavy atom. The molecule has 0 aliphatic carbocycles. The van der Waals surface area contributed by atoms with Gasteiger partial charge in [0.1, 0.15) is 0 Å². The molecule has 0 aliphatic heterocycles. The first kappa shape index (κ1) is 19.4. The van der Waals surface area contributed by atoms with Crippen LogP contribution >= 0.6 is 30.6 Å². The zero-order chi connectivity index (χ0) is 14.7. The molecule has 0 aromatic heterocycles. The molecule has 0 fully saturated rings. The summed E-state index contributed by atoms with van der Waals surface area (Å²) in [6, 6.07) is 0. The van der Waals surface area contributed by atoms with Gasteiger partial charge in [-0.3, -0.25) is 5.09 Å². The van der Waals surface area contributed by atoms with Crippen LogP contribution in [-0.4, -0.2) is 29.0 Å². The average molecular weight is 340 g/mol. The molecule has 3 nitrogen and oxygen atoms in total. The van der Waals surface area contributed by atoms with Crippen LogP contribution in [0.4, 0.5) is 0 Å². The second-order valence-corrected chi connectivity index (χ2v) is 10.9. The molecule has 0 rings (SSSR count). The van der Waals surface area contributed by atoms with Gasteiger partial charge in [0.15, 0.2) is 5.11 Å². The number of hydrogen-bond acceptors (Lipinski definition) is 3. The number of unbranched alkanes of at least 4 members (excludes halogenated alkanes) is 2. The number of nitrogens with two attached hydrogens (primary N) is 1. The Morgan fingerprint density at radius 1 is 1.16 bits per heavy atom. The van der Waals surface area contributed by atoms with E-state index in [1.54, 1.807) is 0 Å². The Labute approximate surface area is 133 Å². The lowest BCUT2D eigenvalue weighted by atomic mass is 10.3. The molecule has 0 saturated heterocycles. The van der Waals surface area contributed by atoms with Crippen molar-refractivity contribution in [2.24, 2.45) is 5.73 Å². The van der Waals surface area contributed by atoms with Gasteiger partial charge >= 0.3 is 0 Å². The maximum Gasteiger partial charge on any atom is 0.164 e. The molecule has 7 heteroatoms. The molecule has 19 heavy (non-hydrogen) atoms. The minimum atomic E-state index is -1.52. The third kappa shape index (κ3) is 11.9. The van der Waals surface area contributed by atoms with Crippen molar-refractivity contribution in [3.63, 3.8) is 0 Å². The summed E-state index contributed by atoms with van der Waals surface area (Å²) < 4.78 is 0. The van der Waals surface area contributed by atoms with Crippen molar-refractivity contribution in [3.05, 3.63) is 0 Å². The lowest BCUT2D eigenvalue weighted by molar-refractivity contribution is 0.766. The van der Waals surface area contributed by atoms with Crippen molar-refractivity contribution in [2.75, 3.05) is 19.0 Å². The lowest BCUT2D eigenvalue weighted by Crippen LogP contribution is -2.36. The maximum atomic E-state index is 5.85. The quantitative estimate of drug-likeness (QED) is 0.233. The fourth-order valence-corrected chi connectivity index (χ4v) is 5.24. The van der Waals surface area contributed by atoms with Gasteiger partial charge in [0.05, 0.1) is 6.67 Å². The Hall–Kier alpha value is 0.390. The highest BCUT2D eigenvalue weighted by Crippen LogP contribution is 2.43. The molecule has 0 spiro atoms. The van der Waals surface area contributed by atoms with Gasteiger partial charge in [0.25, 0.3) is 0 Å². The van der Waals surface area contributed by atoms with Gasteiger partial charge in [-0.05, 0) is 55.6 Å². The third-order valence-corrected chi connectivity index (χ3v) is 7.44. The van der Waals surface area contributed by atoms with Gasteiger partial charge in [-0.2, -0.15) is 0 Å². The summed E-state index contributed by atoms with van der Waals surface area (Å²) in [7, 11) is 0. The largest absolute Gasteiger partial charge is 0.376 e. The van der Waals surface area contributed by atoms with Crippen molar-refractivity contribution in [2.45, 2.75) is 46.0 Å². The molecule has 0 saturated carbocycles. The molecule has 0 amide bonds. The van der Waals surface area contributed by atoms with Crippen LogP contribution in [0.25, 0.3) is 0 Å². The topological polar surface area (TPSA) is 50.1 Å². The summed E-state index contributed by atoms with van der Waals surface area (Å²) in [4.78, 5) is 1.07. The molecule has 4 N–H and O–H groups in total. The van der Waals surface area contributed by atoms with Gasteiger partial charge < -0.3 is 11.1 Å². The highest BCUT2D eigenvalue weighted by molar-refractivity contribution is 8.13. The van der Waals surface area contributed by atoms with Crippen LogP contribution in [0.5, 0.6) is 0 Å². The van der Waals surface area contributed by atoms with Crippen LogP contribution in [0.2, 0.25) is 0 Å². The van der Waals surface area contributed by atoms with Crippen LogP contribution in [0.15, 0.2) is 0 Å². The number of hydrogen-bond donors (Lipinski definition) is 3. The smallest absolute Gasteiger partial charge is 0.164 e. The van der Waals surface area contributed by atoms with E-state index in [0.717, 1.165) is 30.0 Å². The molecule has 0 aliphatic rings. The Bertz CT molecular complexity index is 310. The van der Waals surface area contributed by atoms with Crippen LogP contribution in [0.3, 0.4) is 0 Å². The molecule has 0 bridgehead atoms. The summed E-state index contributed by atoms with van der Waals surface area (Å²) in [5, 5.41) is 6.71. The summed E-state index contributed by atoms with van der Waals surface area (Å²) in [6.07, 6.45) is 6.38. The summed E-state index contributed by atoms with van der Waals surface area (Å²) in [5.41, 5.74) is 5.42. The van der Waals surface area contributed by atoms with Gasteiger partial charge in [0.2, 0.25) is 0 Å². The average Bonchev–Trinajstić information content (AvgIpc) is 2.28. The molecule has 0 aromatic carbocycles. The van der Waals surface area contributed by atoms with E-state index >= 15 is 0 Å². The first-order chi connectivity index (χ1) is 8.89. The fraction of sp³-hybridized carbons (Fsp3) is 0.833. The van der Waals surface area contributed by atoms with E-state index in [4.69, 9.17) is 42.0 Å². The maximum absolute atomic E-state index is 5.85. The van der Waals surface area contributed by atoms with E-state index in [0.29, 0.717) is 11.8 Å². The van der Waals surface area contributed by atoms with Crippen molar-refractivity contribution in [3.8, 4) is 0 Å². The normalized spacial score (nSPS) is 13.8. The van der Waals surface area contributed by atoms with Crippen molar-refractivity contribution < 1.29 is 0 Å². The number of thiocarbonyl (C=S) groups is 2. The standard InChI is InChI=1S/C12H26N3PS3/c1-3-4-5-8-16(19,9-6-7-11(2)17)15-10-14-12(13)18/h3-10H2,1-2H3,(H,15,19)(H3,13,14,18). The molecular formula is C12H26N3PS3. The minimum absolute atomic E-state index is 0.317. The van der Waals surface area contributed by atoms with E-state index in [1.807, 2.05) is 6.92 Å². The van der Waals surface area contributed by atoms with Gasteiger partial charge in [-0.15, -0.1) is 0 Å². The van der Waals surface area contributed by atoms with Crippen molar-refractivity contribution >= 4 is 52.4 Å².